The van der Waals surface area contributed by atoms with E-state index in [0.717, 1.165) is 5.56 Å². The summed E-state index contributed by atoms with van der Waals surface area (Å²) in [7, 11) is 0. The summed E-state index contributed by atoms with van der Waals surface area (Å²) in [4.78, 5) is 11.5. The molecule has 4 atom stereocenters. The number of alkyl halides is 6. The largest absolute Gasteiger partial charge is 0.442 e. The zero-order valence-electron chi connectivity index (χ0n) is 17.3. The summed E-state index contributed by atoms with van der Waals surface area (Å²) >= 11 is 0. The Labute approximate surface area is 185 Å². The van der Waals surface area contributed by atoms with Crippen LogP contribution in [-0.2, 0) is 27.4 Å². The molecular formula is C22H20F6N2O3. The van der Waals surface area contributed by atoms with Crippen molar-refractivity contribution in [2.45, 2.75) is 49.6 Å². The number of hydrogen-bond acceptors (Lipinski definition) is 4. The maximum Gasteiger partial charge on any atom is 0.416 e. The van der Waals surface area contributed by atoms with Gasteiger partial charge in [0.2, 0.25) is 0 Å². The molecule has 0 saturated carbocycles. The van der Waals surface area contributed by atoms with Crippen LogP contribution in [0, 0.1) is 0 Å². The van der Waals surface area contributed by atoms with E-state index in [9.17, 15) is 31.1 Å². The third kappa shape index (κ3) is 4.79. The maximum absolute atomic E-state index is 13.2. The number of benzene rings is 2. The van der Waals surface area contributed by atoms with E-state index in [1.165, 1.54) is 6.92 Å². The molecule has 2 saturated heterocycles. The summed E-state index contributed by atoms with van der Waals surface area (Å²) in [6.45, 7) is 1.31. The molecule has 2 aromatic carbocycles. The number of hydrogen-bond donors (Lipinski definition) is 2. The molecule has 0 radical (unpaired) electrons. The average Bonchev–Trinajstić information content (AvgIpc) is 3.26. The van der Waals surface area contributed by atoms with Crippen LogP contribution in [0.2, 0.25) is 0 Å². The SMILES string of the molecule is C[C@@H](OCC1(c2ccccc2)CC2OC(=O)NC2N1)c1cc(C(F)(F)F)cc(C(F)(F)F)c1. The molecule has 2 aromatic rings. The molecule has 11 heteroatoms. The van der Waals surface area contributed by atoms with Gasteiger partial charge in [0.15, 0.2) is 0 Å². The molecule has 4 rings (SSSR count). The Kier molecular flexibility index (Phi) is 5.81. The van der Waals surface area contributed by atoms with Gasteiger partial charge in [-0.25, -0.2) is 4.79 Å². The normalized spacial score (nSPS) is 26.0. The predicted octanol–water partition coefficient (Wildman–Crippen LogP) is 5.13. The van der Waals surface area contributed by atoms with E-state index in [0.29, 0.717) is 18.6 Å². The Hall–Kier alpha value is -2.79. The highest BCUT2D eigenvalue weighted by molar-refractivity contribution is 5.70. The third-order valence-corrected chi connectivity index (χ3v) is 5.87. The van der Waals surface area contributed by atoms with Crippen molar-refractivity contribution in [2.24, 2.45) is 0 Å². The van der Waals surface area contributed by atoms with Crippen LogP contribution in [0.5, 0.6) is 0 Å². The topological polar surface area (TPSA) is 59.6 Å². The van der Waals surface area contributed by atoms with Gasteiger partial charge in [-0.2, -0.15) is 26.3 Å². The number of nitrogens with one attached hydrogen (secondary N) is 2. The van der Waals surface area contributed by atoms with E-state index in [4.69, 9.17) is 9.47 Å². The van der Waals surface area contributed by atoms with Crippen molar-refractivity contribution in [2.75, 3.05) is 6.61 Å². The first-order valence-corrected chi connectivity index (χ1v) is 10.1. The van der Waals surface area contributed by atoms with Gasteiger partial charge in [0.25, 0.3) is 0 Å². The van der Waals surface area contributed by atoms with Crippen LogP contribution in [-0.4, -0.2) is 25.0 Å². The van der Waals surface area contributed by atoms with Crippen LogP contribution >= 0.6 is 0 Å². The van der Waals surface area contributed by atoms with Gasteiger partial charge < -0.3 is 14.8 Å². The van der Waals surface area contributed by atoms with Crippen molar-refractivity contribution in [1.29, 1.82) is 0 Å². The average molecular weight is 474 g/mol. The van der Waals surface area contributed by atoms with Gasteiger partial charge in [-0.3, -0.25) is 5.32 Å². The summed E-state index contributed by atoms with van der Waals surface area (Å²) in [5.41, 5.74) is -3.13. The fraction of sp³-hybridized carbons (Fsp3) is 0.409. The van der Waals surface area contributed by atoms with E-state index in [1.807, 2.05) is 12.1 Å². The standard InChI is InChI=1S/C22H20F6N2O3/c1-12(13-7-15(21(23,24)25)9-16(8-13)22(26,27)28)32-11-20(14-5-3-2-4-6-14)10-17-18(30-20)29-19(31)33-17/h2-9,12,17-18,30H,10-11H2,1H3,(H,29,31)/t12-,17?,18?,20?/m1/s1. The number of carbonyl (C=O) groups excluding carboxylic acids is 1. The highest BCUT2D eigenvalue weighted by Gasteiger charge is 2.52. The minimum absolute atomic E-state index is 0.0813. The monoisotopic (exact) mass is 474 g/mol. The van der Waals surface area contributed by atoms with Gasteiger partial charge >= 0.3 is 18.4 Å². The summed E-state index contributed by atoms with van der Waals surface area (Å²) in [6, 6.07) is 10.4. The number of carbonyl (C=O) groups is 1. The first kappa shape index (κ1) is 23.4. The second-order valence-corrected chi connectivity index (χ2v) is 8.15. The molecule has 0 spiro atoms. The van der Waals surface area contributed by atoms with Crippen LogP contribution in [0.3, 0.4) is 0 Å². The lowest BCUT2D eigenvalue weighted by Crippen LogP contribution is -2.49. The summed E-state index contributed by atoms with van der Waals surface area (Å²) in [5.74, 6) is 0. The minimum atomic E-state index is -4.94. The Morgan fingerprint density at radius 3 is 2.21 bits per heavy atom. The number of ether oxygens (including phenoxy) is 2. The molecule has 2 aliphatic heterocycles. The summed E-state index contributed by atoms with van der Waals surface area (Å²) < 4.78 is 90.3. The maximum atomic E-state index is 13.2. The molecule has 2 N–H and O–H groups in total. The quantitative estimate of drug-likeness (QED) is 0.591. The van der Waals surface area contributed by atoms with Gasteiger partial charge in [-0.15, -0.1) is 0 Å². The number of alkyl carbamates (subject to hydrolysis) is 1. The van der Waals surface area contributed by atoms with E-state index in [2.05, 4.69) is 10.6 Å². The number of amides is 1. The second kappa shape index (κ2) is 8.21. The molecule has 0 aromatic heterocycles. The van der Waals surface area contributed by atoms with Crippen molar-refractivity contribution in [1.82, 2.24) is 10.6 Å². The van der Waals surface area contributed by atoms with E-state index in [-0.39, 0.29) is 18.2 Å². The zero-order chi connectivity index (χ0) is 24.0. The van der Waals surface area contributed by atoms with Crippen molar-refractivity contribution < 1.29 is 40.6 Å². The van der Waals surface area contributed by atoms with Crippen molar-refractivity contribution in [3.05, 3.63) is 70.8 Å². The van der Waals surface area contributed by atoms with Crippen molar-refractivity contribution in [3.8, 4) is 0 Å². The van der Waals surface area contributed by atoms with Crippen molar-refractivity contribution >= 4 is 6.09 Å². The smallest absolute Gasteiger partial charge is 0.416 e. The van der Waals surface area contributed by atoms with Crippen LogP contribution < -0.4 is 10.6 Å². The lowest BCUT2D eigenvalue weighted by atomic mass is 9.88. The first-order valence-electron chi connectivity index (χ1n) is 10.1. The van der Waals surface area contributed by atoms with Gasteiger partial charge in [-0.05, 0) is 36.2 Å². The molecule has 3 unspecified atom stereocenters. The van der Waals surface area contributed by atoms with E-state index in [1.54, 1.807) is 18.2 Å². The molecule has 0 aliphatic carbocycles. The lowest BCUT2D eigenvalue weighted by molar-refractivity contribution is -0.143. The van der Waals surface area contributed by atoms with Crippen molar-refractivity contribution in [3.63, 3.8) is 0 Å². The number of halogens is 6. The lowest BCUT2D eigenvalue weighted by Gasteiger charge is -2.32. The van der Waals surface area contributed by atoms with Crippen LogP contribution in [0.15, 0.2) is 48.5 Å². The van der Waals surface area contributed by atoms with Gasteiger partial charge in [0.05, 0.1) is 29.4 Å². The Morgan fingerprint density at radius 2 is 1.67 bits per heavy atom. The Balaban J connectivity index is 1.60. The van der Waals surface area contributed by atoms with E-state index >= 15 is 0 Å². The highest BCUT2D eigenvalue weighted by atomic mass is 19.4. The van der Waals surface area contributed by atoms with Crippen LogP contribution in [0.1, 0.15) is 41.7 Å². The fourth-order valence-corrected chi connectivity index (χ4v) is 4.17. The van der Waals surface area contributed by atoms with Gasteiger partial charge in [-0.1, -0.05) is 30.3 Å². The molecule has 2 heterocycles. The summed E-state index contributed by atoms with van der Waals surface area (Å²) in [6.07, 6.45) is -12.2. The second-order valence-electron chi connectivity index (χ2n) is 8.15. The number of fused-ring (bicyclic) bond motifs is 1. The van der Waals surface area contributed by atoms with Gasteiger partial charge in [0, 0.05) is 6.42 Å². The molecule has 2 aliphatic rings. The Morgan fingerprint density at radius 1 is 1.06 bits per heavy atom. The Bertz CT molecular complexity index is 977. The molecule has 33 heavy (non-hydrogen) atoms. The summed E-state index contributed by atoms with van der Waals surface area (Å²) in [5, 5.41) is 5.88. The van der Waals surface area contributed by atoms with E-state index < -0.39 is 53.5 Å². The van der Waals surface area contributed by atoms with Crippen LogP contribution in [0.25, 0.3) is 0 Å². The van der Waals surface area contributed by atoms with Gasteiger partial charge in [0.1, 0.15) is 12.3 Å². The molecule has 1 amide bonds. The molecule has 5 nitrogen and oxygen atoms in total. The fourth-order valence-electron chi connectivity index (χ4n) is 4.17. The molecule has 178 valence electrons. The molecule has 0 bridgehead atoms. The first-order chi connectivity index (χ1) is 15.4. The predicted molar refractivity (Wildman–Crippen MR) is 104 cm³/mol. The zero-order valence-corrected chi connectivity index (χ0v) is 17.3. The highest BCUT2D eigenvalue weighted by Crippen LogP contribution is 2.40. The molecule has 2 fully saturated rings. The van der Waals surface area contributed by atoms with Crippen LogP contribution in [0.4, 0.5) is 31.1 Å². The number of rotatable bonds is 5. The third-order valence-electron chi connectivity index (χ3n) is 5.87. The minimum Gasteiger partial charge on any atom is -0.442 e. The molecular weight excluding hydrogens is 454 g/mol.